The Balaban J connectivity index is 1.94. The molecule has 4 rings (SSSR count). The number of nitrogens with one attached hydrogen (secondary N) is 2. The van der Waals surface area contributed by atoms with Gasteiger partial charge in [-0.2, -0.15) is 10.2 Å². The highest BCUT2D eigenvalue weighted by Gasteiger charge is 2.15. The molecule has 0 atom stereocenters. The summed E-state index contributed by atoms with van der Waals surface area (Å²) in [6.45, 7) is 0. The molecular weight excluding hydrogens is 358 g/mol. The number of aryl methyl sites for hydroxylation is 1. The first-order valence-corrected chi connectivity index (χ1v) is 7.78. The van der Waals surface area contributed by atoms with Gasteiger partial charge in [0, 0.05) is 29.7 Å². The second-order valence-corrected chi connectivity index (χ2v) is 6.05. The third-order valence-electron chi connectivity index (χ3n) is 3.72. The number of aromatic nitrogens is 5. The molecule has 2 N–H and O–H groups in total. The second-order valence-electron chi connectivity index (χ2n) is 5.26. The van der Waals surface area contributed by atoms with Crippen molar-refractivity contribution in [3.05, 3.63) is 57.6 Å². The average Bonchev–Trinajstić information content (AvgIpc) is 3.13. The van der Waals surface area contributed by atoms with Crippen LogP contribution < -0.4 is 5.56 Å². The van der Waals surface area contributed by atoms with E-state index in [4.69, 9.17) is 0 Å². The zero-order valence-corrected chi connectivity index (χ0v) is 13.8. The number of aromatic amines is 2. The molecule has 0 amide bonds. The van der Waals surface area contributed by atoms with Gasteiger partial charge < -0.3 is 4.98 Å². The van der Waals surface area contributed by atoms with Crippen molar-refractivity contribution in [1.82, 2.24) is 25.0 Å². The van der Waals surface area contributed by atoms with E-state index in [2.05, 4.69) is 36.2 Å². The van der Waals surface area contributed by atoms with Crippen LogP contribution in [0.3, 0.4) is 0 Å². The molecular formula is C16H12BrN5O. The van der Waals surface area contributed by atoms with Crippen molar-refractivity contribution in [2.24, 2.45) is 7.05 Å². The number of halogens is 1. The molecule has 0 spiro atoms. The third-order valence-corrected chi connectivity index (χ3v) is 4.54. The minimum atomic E-state index is -0.245. The molecule has 0 bridgehead atoms. The van der Waals surface area contributed by atoms with Crippen LogP contribution in [0.25, 0.3) is 33.4 Å². The van der Waals surface area contributed by atoms with E-state index in [1.54, 1.807) is 16.9 Å². The predicted octanol–water partition coefficient (Wildman–Crippen LogP) is 3.08. The molecule has 0 aliphatic rings. The fourth-order valence-corrected chi connectivity index (χ4v) is 3.24. The molecule has 0 unspecified atom stereocenters. The first-order valence-electron chi connectivity index (χ1n) is 6.99. The Bertz CT molecular complexity index is 1080. The zero-order valence-electron chi connectivity index (χ0n) is 12.2. The van der Waals surface area contributed by atoms with Crippen LogP contribution in [0.4, 0.5) is 0 Å². The molecule has 0 radical (unpaired) electrons. The van der Waals surface area contributed by atoms with Crippen molar-refractivity contribution in [3.8, 4) is 22.5 Å². The molecule has 23 heavy (non-hydrogen) atoms. The molecule has 0 aliphatic carbocycles. The van der Waals surface area contributed by atoms with E-state index in [0.29, 0.717) is 11.3 Å². The number of nitrogens with zero attached hydrogens (tertiary/aromatic N) is 3. The van der Waals surface area contributed by atoms with Gasteiger partial charge in [0.1, 0.15) is 0 Å². The summed E-state index contributed by atoms with van der Waals surface area (Å²) in [6, 6.07) is 9.65. The van der Waals surface area contributed by atoms with Crippen LogP contribution in [0.15, 0.2) is 52.0 Å². The fraction of sp³-hybridized carbons (Fsp3) is 0.0625. The van der Waals surface area contributed by atoms with E-state index in [-0.39, 0.29) is 5.56 Å². The topological polar surface area (TPSA) is 79.4 Å². The molecule has 0 aliphatic heterocycles. The molecule has 3 heterocycles. The van der Waals surface area contributed by atoms with Gasteiger partial charge in [0.2, 0.25) is 0 Å². The van der Waals surface area contributed by atoms with Crippen molar-refractivity contribution in [1.29, 1.82) is 0 Å². The summed E-state index contributed by atoms with van der Waals surface area (Å²) in [5.41, 5.74) is 3.50. The molecule has 7 heteroatoms. The van der Waals surface area contributed by atoms with E-state index < -0.39 is 0 Å². The summed E-state index contributed by atoms with van der Waals surface area (Å²) >= 11 is 3.59. The number of hydrogen-bond donors (Lipinski definition) is 2. The number of hydrogen-bond acceptors (Lipinski definition) is 3. The lowest BCUT2D eigenvalue weighted by Crippen LogP contribution is -2.11. The van der Waals surface area contributed by atoms with Gasteiger partial charge in [-0.3, -0.25) is 9.48 Å². The summed E-state index contributed by atoms with van der Waals surface area (Å²) in [5.74, 6) is 0. The summed E-state index contributed by atoms with van der Waals surface area (Å²) in [6.07, 6.45) is 3.56. The van der Waals surface area contributed by atoms with Gasteiger partial charge in [0.25, 0.3) is 5.56 Å². The number of rotatable bonds is 2. The lowest BCUT2D eigenvalue weighted by molar-refractivity contribution is 0.768. The Hall–Kier alpha value is -2.67. The second kappa shape index (κ2) is 5.20. The van der Waals surface area contributed by atoms with Crippen molar-refractivity contribution >= 4 is 26.8 Å². The Morgan fingerprint density at radius 1 is 1.26 bits per heavy atom. The molecule has 1 aromatic carbocycles. The molecule has 0 saturated heterocycles. The highest BCUT2D eigenvalue weighted by Crippen LogP contribution is 2.33. The Morgan fingerprint density at radius 3 is 2.83 bits per heavy atom. The minimum Gasteiger partial charge on any atom is -0.353 e. The lowest BCUT2D eigenvalue weighted by atomic mass is 10.1. The highest BCUT2D eigenvalue weighted by atomic mass is 79.9. The van der Waals surface area contributed by atoms with Crippen LogP contribution in [0.2, 0.25) is 0 Å². The lowest BCUT2D eigenvalue weighted by Gasteiger charge is -2.01. The maximum absolute atomic E-state index is 12.3. The Morgan fingerprint density at radius 2 is 2.09 bits per heavy atom. The standard InChI is InChI=1S/C16H12BrN5O/c1-22-8-9(7-18-22)13-6-11(16(23)21-20-13)15-14(17)10-4-2-3-5-12(10)19-15/h2-8,19H,1H3,(H,21,23). The van der Waals surface area contributed by atoms with Gasteiger partial charge in [0.05, 0.1) is 27.6 Å². The normalized spacial score (nSPS) is 11.2. The quantitative estimate of drug-likeness (QED) is 0.569. The SMILES string of the molecule is Cn1cc(-c2cc(-c3[nH]c4ccccc4c3Br)c(=O)[nH]n2)cn1. The first-order chi connectivity index (χ1) is 11.1. The summed E-state index contributed by atoms with van der Waals surface area (Å²) in [7, 11) is 1.84. The fourth-order valence-electron chi connectivity index (χ4n) is 2.59. The summed E-state index contributed by atoms with van der Waals surface area (Å²) < 4.78 is 2.56. The van der Waals surface area contributed by atoms with Crippen molar-refractivity contribution in [3.63, 3.8) is 0 Å². The Kier molecular flexibility index (Phi) is 3.16. The van der Waals surface area contributed by atoms with E-state index >= 15 is 0 Å². The Labute approximate surface area is 139 Å². The van der Waals surface area contributed by atoms with Crippen molar-refractivity contribution < 1.29 is 0 Å². The molecule has 0 fully saturated rings. The van der Waals surface area contributed by atoms with Gasteiger partial charge in [-0.1, -0.05) is 18.2 Å². The average molecular weight is 370 g/mol. The van der Waals surface area contributed by atoms with Gasteiger partial charge in [-0.05, 0) is 28.1 Å². The molecule has 6 nitrogen and oxygen atoms in total. The molecule has 0 saturated carbocycles. The number of para-hydroxylation sites is 1. The largest absolute Gasteiger partial charge is 0.353 e. The van der Waals surface area contributed by atoms with Crippen LogP contribution in [-0.2, 0) is 7.05 Å². The van der Waals surface area contributed by atoms with E-state index in [1.165, 1.54) is 0 Å². The number of benzene rings is 1. The van der Waals surface area contributed by atoms with E-state index in [1.807, 2.05) is 37.5 Å². The first kappa shape index (κ1) is 14.0. The van der Waals surface area contributed by atoms with Gasteiger partial charge in [-0.25, -0.2) is 5.10 Å². The maximum atomic E-state index is 12.3. The monoisotopic (exact) mass is 369 g/mol. The molecule has 3 aromatic heterocycles. The van der Waals surface area contributed by atoms with E-state index in [0.717, 1.165) is 26.6 Å². The van der Waals surface area contributed by atoms with Crippen LogP contribution in [0.5, 0.6) is 0 Å². The third kappa shape index (κ3) is 2.29. The van der Waals surface area contributed by atoms with Crippen LogP contribution >= 0.6 is 15.9 Å². The number of H-pyrrole nitrogens is 2. The predicted molar refractivity (Wildman–Crippen MR) is 92.1 cm³/mol. The highest BCUT2D eigenvalue weighted by molar-refractivity contribution is 9.10. The van der Waals surface area contributed by atoms with Crippen LogP contribution in [-0.4, -0.2) is 25.0 Å². The maximum Gasteiger partial charge on any atom is 0.273 e. The molecule has 4 aromatic rings. The van der Waals surface area contributed by atoms with Crippen molar-refractivity contribution in [2.75, 3.05) is 0 Å². The summed E-state index contributed by atoms with van der Waals surface area (Å²) in [4.78, 5) is 15.5. The van der Waals surface area contributed by atoms with E-state index in [9.17, 15) is 4.79 Å². The van der Waals surface area contributed by atoms with Crippen LogP contribution in [0, 0.1) is 0 Å². The summed E-state index contributed by atoms with van der Waals surface area (Å²) in [5, 5.41) is 11.8. The smallest absolute Gasteiger partial charge is 0.273 e. The van der Waals surface area contributed by atoms with Crippen LogP contribution in [0.1, 0.15) is 0 Å². The van der Waals surface area contributed by atoms with Gasteiger partial charge in [0.15, 0.2) is 0 Å². The zero-order chi connectivity index (χ0) is 16.0. The minimum absolute atomic E-state index is 0.245. The van der Waals surface area contributed by atoms with Gasteiger partial charge >= 0.3 is 0 Å². The van der Waals surface area contributed by atoms with Gasteiger partial charge in [-0.15, -0.1) is 0 Å². The number of fused-ring (bicyclic) bond motifs is 1. The molecule has 114 valence electrons. The van der Waals surface area contributed by atoms with Crippen molar-refractivity contribution in [2.45, 2.75) is 0 Å².